The van der Waals surface area contributed by atoms with E-state index in [0.717, 1.165) is 11.3 Å². The standard InChI is InChI=1S/C19H22N2O6/c1-4-16(13-5-7-14(25-2)8-6-13)20-19(22)12-27-15-9-10-17(21(23)24)18(11-15)26-3/h5-11,16H,4,12H2,1-3H3,(H,20,22). The van der Waals surface area contributed by atoms with Crippen molar-refractivity contribution in [3.63, 3.8) is 0 Å². The van der Waals surface area contributed by atoms with Gasteiger partial charge >= 0.3 is 5.69 Å². The number of nitro groups is 1. The number of ether oxygens (including phenoxy) is 3. The van der Waals surface area contributed by atoms with Crippen LogP contribution in [0.5, 0.6) is 17.2 Å². The van der Waals surface area contributed by atoms with Gasteiger partial charge in [-0.1, -0.05) is 19.1 Å². The van der Waals surface area contributed by atoms with Crippen LogP contribution in [-0.4, -0.2) is 31.7 Å². The molecule has 0 fully saturated rings. The SMILES string of the molecule is CCC(NC(=O)COc1ccc([N+](=O)[O-])c(OC)c1)c1ccc(OC)cc1. The van der Waals surface area contributed by atoms with Gasteiger partial charge in [-0.15, -0.1) is 0 Å². The van der Waals surface area contributed by atoms with E-state index in [4.69, 9.17) is 14.2 Å². The number of nitrogens with zero attached hydrogens (tertiary/aromatic N) is 1. The molecule has 144 valence electrons. The lowest BCUT2D eigenvalue weighted by Crippen LogP contribution is -2.32. The first-order valence-corrected chi connectivity index (χ1v) is 8.37. The Balaban J connectivity index is 1.97. The van der Waals surface area contributed by atoms with Gasteiger partial charge in [-0.3, -0.25) is 14.9 Å². The maximum absolute atomic E-state index is 12.2. The van der Waals surface area contributed by atoms with Gasteiger partial charge in [-0.25, -0.2) is 0 Å². The molecule has 8 nitrogen and oxygen atoms in total. The average Bonchev–Trinajstić information content (AvgIpc) is 2.70. The topological polar surface area (TPSA) is 99.9 Å². The molecular weight excluding hydrogens is 352 g/mol. The molecule has 0 aromatic heterocycles. The van der Waals surface area contributed by atoms with Crippen LogP contribution < -0.4 is 19.5 Å². The number of hydrogen-bond donors (Lipinski definition) is 1. The van der Waals surface area contributed by atoms with Crippen molar-refractivity contribution < 1.29 is 23.9 Å². The van der Waals surface area contributed by atoms with Gasteiger partial charge in [0.2, 0.25) is 5.75 Å². The van der Waals surface area contributed by atoms with Gasteiger partial charge in [-0.2, -0.15) is 0 Å². The molecule has 2 aromatic carbocycles. The average molecular weight is 374 g/mol. The third-order valence-electron chi connectivity index (χ3n) is 3.98. The van der Waals surface area contributed by atoms with Gasteiger partial charge in [0.15, 0.2) is 6.61 Å². The molecule has 2 aromatic rings. The van der Waals surface area contributed by atoms with Crippen LogP contribution in [0.25, 0.3) is 0 Å². The number of benzene rings is 2. The van der Waals surface area contributed by atoms with Crippen molar-refractivity contribution >= 4 is 11.6 Å². The molecule has 0 heterocycles. The molecule has 2 rings (SSSR count). The zero-order chi connectivity index (χ0) is 19.8. The quantitative estimate of drug-likeness (QED) is 0.534. The predicted octanol–water partition coefficient (Wildman–Crippen LogP) is 3.26. The lowest BCUT2D eigenvalue weighted by molar-refractivity contribution is -0.385. The Morgan fingerprint density at radius 2 is 1.78 bits per heavy atom. The number of nitro benzene ring substituents is 1. The fourth-order valence-corrected chi connectivity index (χ4v) is 2.54. The van der Waals surface area contributed by atoms with Crippen LogP contribution in [0.1, 0.15) is 24.9 Å². The number of hydrogen-bond acceptors (Lipinski definition) is 6. The molecule has 0 saturated heterocycles. The molecule has 0 aliphatic rings. The van der Waals surface area contributed by atoms with Gasteiger partial charge in [0.25, 0.3) is 5.91 Å². The third kappa shape index (κ3) is 5.34. The molecule has 1 unspecified atom stereocenters. The summed E-state index contributed by atoms with van der Waals surface area (Å²) in [6.07, 6.45) is 0.712. The van der Waals surface area contributed by atoms with E-state index in [1.807, 2.05) is 31.2 Å². The highest BCUT2D eigenvalue weighted by atomic mass is 16.6. The fraction of sp³-hybridized carbons (Fsp3) is 0.316. The lowest BCUT2D eigenvalue weighted by atomic mass is 10.0. The summed E-state index contributed by atoms with van der Waals surface area (Å²) in [5.41, 5.74) is 0.795. The fourth-order valence-electron chi connectivity index (χ4n) is 2.54. The normalized spacial score (nSPS) is 11.4. The summed E-state index contributed by atoms with van der Waals surface area (Å²) in [7, 11) is 2.93. The molecule has 1 atom stereocenters. The Morgan fingerprint density at radius 3 is 2.33 bits per heavy atom. The van der Waals surface area contributed by atoms with E-state index in [2.05, 4.69) is 5.32 Å². The molecule has 1 N–H and O–H groups in total. The summed E-state index contributed by atoms with van der Waals surface area (Å²) in [4.78, 5) is 22.6. The molecule has 1 amide bonds. The van der Waals surface area contributed by atoms with E-state index in [9.17, 15) is 14.9 Å². The molecule has 0 aliphatic carbocycles. The zero-order valence-electron chi connectivity index (χ0n) is 15.4. The largest absolute Gasteiger partial charge is 0.497 e. The summed E-state index contributed by atoms with van der Waals surface area (Å²) in [5, 5.41) is 13.8. The smallest absolute Gasteiger partial charge is 0.311 e. The molecule has 0 saturated carbocycles. The second kappa shape index (κ2) is 9.42. The van der Waals surface area contributed by atoms with Gasteiger partial charge in [0, 0.05) is 12.1 Å². The second-order valence-electron chi connectivity index (χ2n) is 5.68. The highest BCUT2D eigenvalue weighted by molar-refractivity contribution is 5.78. The summed E-state index contributed by atoms with van der Waals surface area (Å²) in [6.45, 7) is 1.75. The Kier molecular flexibility index (Phi) is 6.99. The molecule has 8 heteroatoms. The first-order chi connectivity index (χ1) is 13.0. The van der Waals surface area contributed by atoms with Crippen molar-refractivity contribution in [2.45, 2.75) is 19.4 Å². The number of amides is 1. The van der Waals surface area contributed by atoms with Crippen LogP contribution in [0.3, 0.4) is 0 Å². The van der Waals surface area contributed by atoms with Crippen molar-refractivity contribution in [3.05, 3.63) is 58.1 Å². The molecule has 0 aliphatic heterocycles. The molecular formula is C19H22N2O6. The Bertz CT molecular complexity index is 791. The Morgan fingerprint density at radius 1 is 1.11 bits per heavy atom. The molecule has 0 bridgehead atoms. The number of rotatable bonds is 9. The second-order valence-corrected chi connectivity index (χ2v) is 5.68. The molecule has 0 radical (unpaired) electrons. The highest BCUT2D eigenvalue weighted by Gasteiger charge is 2.17. The van der Waals surface area contributed by atoms with E-state index in [0.29, 0.717) is 12.2 Å². The van der Waals surface area contributed by atoms with Crippen molar-refractivity contribution in [3.8, 4) is 17.2 Å². The van der Waals surface area contributed by atoms with Crippen LogP contribution in [0, 0.1) is 10.1 Å². The first kappa shape index (κ1) is 20.0. The van der Waals surface area contributed by atoms with Gasteiger partial charge in [0.05, 0.1) is 25.2 Å². The Hall–Kier alpha value is -3.29. The lowest BCUT2D eigenvalue weighted by Gasteiger charge is -2.18. The minimum Gasteiger partial charge on any atom is -0.497 e. The first-order valence-electron chi connectivity index (χ1n) is 8.37. The molecule has 27 heavy (non-hydrogen) atoms. The van der Waals surface area contributed by atoms with E-state index in [-0.39, 0.29) is 30.0 Å². The highest BCUT2D eigenvalue weighted by Crippen LogP contribution is 2.30. The zero-order valence-corrected chi connectivity index (χ0v) is 15.4. The summed E-state index contributed by atoms with van der Waals surface area (Å²) in [5.74, 6) is 0.832. The van der Waals surface area contributed by atoms with Crippen molar-refractivity contribution in [2.75, 3.05) is 20.8 Å². The molecule has 0 spiro atoms. The Labute approximate surface area is 157 Å². The van der Waals surface area contributed by atoms with E-state index in [1.165, 1.54) is 25.3 Å². The van der Waals surface area contributed by atoms with Gasteiger partial charge in [-0.05, 0) is 30.2 Å². The maximum Gasteiger partial charge on any atom is 0.311 e. The van der Waals surface area contributed by atoms with Crippen LogP contribution in [0.2, 0.25) is 0 Å². The number of carbonyl (C=O) groups is 1. The minimum absolute atomic E-state index is 0.0718. The van der Waals surface area contributed by atoms with E-state index in [1.54, 1.807) is 7.11 Å². The van der Waals surface area contributed by atoms with E-state index < -0.39 is 4.92 Å². The minimum atomic E-state index is -0.546. The van der Waals surface area contributed by atoms with E-state index >= 15 is 0 Å². The summed E-state index contributed by atoms with van der Waals surface area (Å²) >= 11 is 0. The summed E-state index contributed by atoms with van der Waals surface area (Å²) < 4.78 is 15.5. The summed E-state index contributed by atoms with van der Waals surface area (Å²) in [6, 6.07) is 11.4. The van der Waals surface area contributed by atoms with Gasteiger partial charge < -0.3 is 19.5 Å². The predicted molar refractivity (Wildman–Crippen MR) is 99.3 cm³/mol. The number of nitrogens with one attached hydrogen (secondary N) is 1. The van der Waals surface area contributed by atoms with Crippen molar-refractivity contribution in [1.82, 2.24) is 5.32 Å². The number of methoxy groups -OCH3 is 2. The number of carbonyl (C=O) groups excluding carboxylic acids is 1. The van der Waals surface area contributed by atoms with Gasteiger partial charge in [0.1, 0.15) is 11.5 Å². The van der Waals surface area contributed by atoms with Crippen molar-refractivity contribution in [1.29, 1.82) is 0 Å². The maximum atomic E-state index is 12.2. The van der Waals surface area contributed by atoms with Crippen molar-refractivity contribution in [2.24, 2.45) is 0 Å². The van der Waals surface area contributed by atoms with Crippen LogP contribution in [0.4, 0.5) is 5.69 Å². The van der Waals surface area contributed by atoms with Crippen LogP contribution in [0.15, 0.2) is 42.5 Å². The van der Waals surface area contributed by atoms with Crippen LogP contribution >= 0.6 is 0 Å². The van der Waals surface area contributed by atoms with Crippen LogP contribution in [-0.2, 0) is 4.79 Å². The third-order valence-corrected chi connectivity index (χ3v) is 3.98. The monoisotopic (exact) mass is 374 g/mol.